The van der Waals surface area contributed by atoms with Gasteiger partial charge >= 0.3 is 0 Å². The van der Waals surface area contributed by atoms with Crippen LogP contribution in [0.1, 0.15) is 65.0 Å². The summed E-state index contributed by atoms with van der Waals surface area (Å²) in [7, 11) is 0. The van der Waals surface area contributed by atoms with Gasteiger partial charge in [-0.1, -0.05) is 25.3 Å². The third kappa shape index (κ3) is 4.38. The summed E-state index contributed by atoms with van der Waals surface area (Å²) in [5, 5.41) is 8.05. The van der Waals surface area contributed by atoms with E-state index in [0.717, 1.165) is 44.5 Å². The molecule has 6 heteroatoms. The highest BCUT2D eigenvalue weighted by Crippen LogP contribution is 2.29. The predicted octanol–water partition coefficient (Wildman–Crippen LogP) is 4.66. The first-order chi connectivity index (χ1) is 13.7. The molecule has 1 saturated heterocycles. The normalized spacial score (nSPS) is 17.5. The molecule has 1 aliphatic carbocycles. The average molecular weight is 398 g/mol. The number of carbonyl (C=O) groups is 2. The fourth-order valence-corrected chi connectivity index (χ4v) is 4.76. The monoisotopic (exact) mass is 397 g/mol. The second kappa shape index (κ2) is 8.78. The van der Waals surface area contributed by atoms with Crippen molar-refractivity contribution in [3.8, 4) is 0 Å². The summed E-state index contributed by atoms with van der Waals surface area (Å²) in [5.41, 5.74) is 2.30. The van der Waals surface area contributed by atoms with Gasteiger partial charge in [-0.15, -0.1) is 11.3 Å². The molecule has 1 aromatic heterocycles. The number of nitrogens with zero attached hydrogens (tertiary/aromatic N) is 1. The lowest BCUT2D eigenvalue weighted by atomic mass is 9.95. The van der Waals surface area contributed by atoms with E-state index in [2.05, 4.69) is 15.5 Å². The van der Waals surface area contributed by atoms with E-state index in [1.807, 2.05) is 29.6 Å². The van der Waals surface area contributed by atoms with E-state index in [9.17, 15) is 9.59 Å². The summed E-state index contributed by atoms with van der Waals surface area (Å²) in [6.45, 7) is 1.95. The number of rotatable bonds is 5. The number of hydrogen-bond donors (Lipinski definition) is 2. The maximum atomic E-state index is 13.1. The molecule has 148 valence electrons. The van der Waals surface area contributed by atoms with Gasteiger partial charge in [0.25, 0.3) is 11.8 Å². The van der Waals surface area contributed by atoms with Crippen LogP contribution in [-0.2, 0) is 0 Å². The van der Waals surface area contributed by atoms with Crippen LogP contribution in [0.2, 0.25) is 0 Å². The van der Waals surface area contributed by atoms with Crippen molar-refractivity contribution in [2.45, 2.75) is 51.0 Å². The van der Waals surface area contributed by atoms with Gasteiger partial charge in [0, 0.05) is 30.5 Å². The molecule has 1 aromatic carbocycles. The Hall–Kier alpha value is -2.34. The standard InChI is InChI=1S/C22H27N3O2S/c26-21(23-16-7-2-1-3-8-16)18-15-17(24-22(27)20-9-6-14-28-20)10-11-19(18)25-12-4-5-13-25/h6,9-11,14-16H,1-5,7-8,12-13H2,(H,23,26)(H,24,27). The minimum absolute atomic E-state index is 0.0268. The Morgan fingerprint density at radius 1 is 0.964 bits per heavy atom. The summed E-state index contributed by atoms with van der Waals surface area (Å²) in [4.78, 5) is 28.5. The van der Waals surface area contributed by atoms with Crippen molar-refractivity contribution < 1.29 is 9.59 Å². The van der Waals surface area contributed by atoms with Crippen LogP contribution < -0.4 is 15.5 Å². The molecule has 2 amide bonds. The molecule has 2 N–H and O–H groups in total. The van der Waals surface area contributed by atoms with E-state index in [1.165, 1.54) is 30.6 Å². The molecule has 0 radical (unpaired) electrons. The molecule has 0 atom stereocenters. The summed E-state index contributed by atoms with van der Waals surface area (Å²) >= 11 is 1.41. The summed E-state index contributed by atoms with van der Waals surface area (Å²) in [5.74, 6) is -0.163. The number of carbonyl (C=O) groups excluding carboxylic acids is 2. The molecule has 0 bridgehead atoms. The molecule has 0 spiro atoms. The SMILES string of the molecule is O=C(Nc1ccc(N2CCCC2)c(C(=O)NC2CCCCC2)c1)c1cccs1. The lowest BCUT2D eigenvalue weighted by molar-refractivity contribution is 0.0927. The number of thiophene rings is 1. The highest BCUT2D eigenvalue weighted by atomic mass is 32.1. The van der Waals surface area contributed by atoms with Crippen LogP contribution in [0, 0.1) is 0 Å². The predicted molar refractivity (Wildman–Crippen MR) is 115 cm³/mol. The lowest BCUT2D eigenvalue weighted by Gasteiger charge is -2.25. The lowest BCUT2D eigenvalue weighted by Crippen LogP contribution is -2.37. The van der Waals surface area contributed by atoms with Gasteiger partial charge in [0.2, 0.25) is 0 Å². The van der Waals surface area contributed by atoms with Gasteiger partial charge in [-0.2, -0.15) is 0 Å². The van der Waals surface area contributed by atoms with Crippen molar-refractivity contribution in [1.29, 1.82) is 0 Å². The van der Waals surface area contributed by atoms with Gasteiger partial charge in [-0.3, -0.25) is 9.59 Å². The molecule has 2 heterocycles. The molecule has 0 unspecified atom stereocenters. The maximum Gasteiger partial charge on any atom is 0.265 e. The topological polar surface area (TPSA) is 61.4 Å². The molecule has 2 fully saturated rings. The number of anilines is 2. The van der Waals surface area contributed by atoms with Gasteiger partial charge in [-0.05, 0) is 55.3 Å². The Kier molecular flexibility index (Phi) is 5.95. The molecule has 1 saturated carbocycles. The van der Waals surface area contributed by atoms with E-state index in [-0.39, 0.29) is 17.9 Å². The summed E-state index contributed by atoms with van der Waals surface area (Å²) < 4.78 is 0. The van der Waals surface area contributed by atoms with Crippen LogP contribution >= 0.6 is 11.3 Å². The molecule has 1 aliphatic heterocycles. The highest BCUT2D eigenvalue weighted by molar-refractivity contribution is 7.12. The van der Waals surface area contributed by atoms with E-state index in [0.29, 0.717) is 16.1 Å². The molecule has 28 heavy (non-hydrogen) atoms. The summed E-state index contributed by atoms with van der Waals surface area (Å²) in [6.07, 6.45) is 8.04. The Bertz CT molecular complexity index is 822. The average Bonchev–Trinajstić information content (AvgIpc) is 3.43. The van der Waals surface area contributed by atoms with Gasteiger partial charge in [-0.25, -0.2) is 0 Å². The minimum atomic E-state index is -0.137. The first-order valence-corrected chi connectivity index (χ1v) is 11.1. The Morgan fingerprint density at radius 2 is 1.75 bits per heavy atom. The first-order valence-electron chi connectivity index (χ1n) is 10.3. The zero-order chi connectivity index (χ0) is 19.3. The number of amides is 2. The Labute approximate surface area is 170 Å². The van der Waals surface area contributed by atoms with Crippen molar-refractivity contribution in [2.75, 3.05) is 23.3 Å². The third-order valence-electron chi connectivity index (χ3n) is 5.63. The Balaban J connectivity index is 1.56. The van der Waals surface area contributed by atoms with E-state index >= 15 is 0 Å². The van der Waals surface area contributed by atoms with Gasteiger partial charge in [0.05, 0.1) is 10.4 Å². The van der Waals surface area contributed by atoms with Gasteiger partial charge in [0.1, 0.15) is 0 Å². The molecular formula is C22H27N3O2S. The van der Waals surface area contributed by atoms with Crippen molar-refractivity contribution in [3.63, 3.8) is 0 Å². The molecule has 2 aromatic rings. The van der Waals surface area contributed by atoms with Crippen LogP contribution in [0.25, 0.3) is 0 Å². The molecular weight excluding hydrogens is 370 g/mol. The smallest absolute Gasteiger partial charge is 0.265 e. The van der Waals surface area contributed by atoms with Crippen molar-refractivity contribution >= 4 is 34.5 Å². The zero-order valence-electron chi connectivity index (χ0n) is 16.1. The fraction of sp³-hybridized carbons (Fsp3) is 0.455. The van der Waals surface area contributed by atoms with Crippen molar-refractivity contribution in [1.82, 2.24) is 5.32 Å². The largest absolute Gasteiger partial charge is 0.371 e. The van der Waals surface area contributed by atoms with Crippen LogP contribution in [0.15, 0.2) is 35.7 Å². The number of benzene rings is 1. The highest BCUT2D eigenvalue weighted by Gasteiger charge is 2.23. The zero-order valence-corrected chi connectivity index (χ0v) is 16.9. The minimum Gasteiger partial charge on any atom is -0.371 e. The second-order valence-electron chi connectivity index (χ2n) is 7.67. The summed E-state index contributed by atoms with van der Waals surface area (Å²) in [6, 6.07) is 9.63. The van der Waals surface area contributed by atoms with Gasteiger partial charge in [0.15, 0.2) is 0 Å². The first kappa shape index (κ1) is 19.0. The molecule has 4 rings (SSSR count). The van der Waals surface area contributed by atoms with E-state index in [4.69, 9.17) is 0 Å². The molecule has 5 nitrogen and oxygen atoms in total. The van der Waals surface area contributed by atoms with Crippen molar-refractivity contribution in [3.05, 3.63) is 46.2 Å². The van der Waals surface area contributed by atoms with E-state index in [1.54, 1.807) is 6.07 Å². The van der Waals surface area contributed by atoms with Crippen LogP contribution in [-0.4, -0.2) is 30.9 Å². The third-order valence-corrected chi connectivity index (χ3v) is 6.50. The van der Waals surface area contributed by atoms with Crippen LogP contribution in [0.5, 0.6) is 0 Å². The van der Waals surface area contributed by atoms with Crippen LogP contribution in [0.3, 0.4) is 0 Å². The fourth-order valence-electron chi connectivity index (χ4n) is 4.14. The Morgan fingerprint density at radius 3 is 2.46 bits per heavy atom. The molecule has 2 aliphatic rings. The number of nitrogens with one attached hydrogen (secondary N) is 2. The van der Waals surface area contributed by atoms with Crippen molar-refractivity contribution in [2.24, 2.45) is 0 Å². The number of hydrogen-bond acceptors (Lipinski definition) is 4. The quantitative estimate of drug-likeness (QED) is 0.771. The van der Waals surface area contributed by atoms with Crippen LogP contribution in [0.4, 0.5) is 11.4 Å². The second-order valence-corrected chi connectivity index (χ2v) is 8.61. The maximum absolute atomic E-state index is 13.1. The van der Waals surface area contributed by atoms with E-state index < -0.39 is 0 Å². The van der Waals surface area contributed by atoms with Gasteiger partial charge < -0.3 is 15.5 Å².